The van der Waals surface area contributed by atoms with Crippen molar-refractivity contribution in [2.75, 3.05) is 19.8 Å². The molecule has 4 heteroatoms. The molecule has 3 atom stereocenters. The van der Waals surface area contributed by atoms with Crippen LogP contribution in [0, 0.1) is 0 Å². The van der Waals surface area contributed by atoms with Crippen LogP contribution in [0.5, 0.6) is 5.75 Å². The highest BCUT2D eigenvalue weighted by Gasteiger charge is 2.35. The Morgan fingerprint density at radius 2 is 1.74 bits per heavy atom. The van der Waals surface area contributed by atoms with Gasteiger partial charge in [0.05, 0.1) is 13.2 Å². The van der Waals surface area contributed by atoms with Crippen LogP contribution in [0.3, 0.4) is 0 Å². The molecule has 106 valence electrons. The van der Waals surface area contributed by atoms with Crippen molar-refractivity contribution in [2.24, 2.45) is 0 Å². The number of benzene rings is 1. The summed E-state index contributed by atoms with van der Waals surface area (Å²) in [6.07, 6.45) is 1.88. The summed E-state index contributed by atoms with van der Waals surface area (Å²) in [7, 11) is 0. The Kier molecular flexibility index (Phi) is 5.19. The molecule has 1 aromatic rings. The smallest absolute Gasteiger partial charge is 0.119 e. The van der Waals surface area contributed by atoms with Crippen molar-refractivity contribution in [3.05, 3.63) is 30.3 Å². The zero-order valence-electron chi connectivity index (χ0n) is 11.4. The molecular weight excluding hydrogens is 242 g/mol. The summed E-state index contributed by atoms with van der Waals surface area (Å²) in [6.45, 7) is 2.94. The van der Waals surface area contributed by atoms with Gasteiger partial charge in [-0.2, -0.15) is 0 Å². The zero-order chi connectivity index (χ0) is 13.7. The van der Waals surface area contributed by atoms with Crippen molar-refractivity contribution in [1.82, 2.24) is 4.90 Å². The fraction of sp³-hybridized carbons (Fsp3) is 0.600. The van der Waals surface area contributed by atoms with Gasteiger partial charge in [0, 0.05) is 18.1 Å². The lowest BCUT2D eigenvalue weighted by atomic mass is 10.2. The first kappa shape index (κ1) is 14.3. The molecule has 1 aromatic carbocycles. The second kappa shape index (κ2) is 6.89. The standard InChI is InChI=1S/C15H23NO3/c1-12(11-19-15-5-3-2-4-6-15)16-13(9-17)7-8-14(16)10-18/h2-6,12-14,17-18H,7-11H2,1H3/t12-,13-,14+/m1/s1. The molecule has 19 heavy (non-hydrogen) atoms. The maximum atomic E-state index is 9.42. The molecule has 1 heterocycles. The van der Waals surface area contributed by atoms with E-state index in [4.69, 9.17) is 4.74 Å². The van der Waals surface area contributed by atoms with Crippen LogP contribution in [-0.4, -0.2) is 53.1 Å². The van der Waals surface area contributed by atoms with E-state index in [1.807, 2.05) is 30.3 Å². The van der Waals surface area contributed by atoms with E-state index in [0.717, 1.165) is 18.6 Å². The van der Waals surface area contributed by atoms with Gasteiger partial charge in [-0.25, -0.2) is 0 Å². The quantitative estimate of drug-likeness (QED) is 0.813. The topological polar surface area (TPSA) is 52.9 Å². The summed E-state index contributed by atoms with van der Waals surface area (Å²) in [4.78, 5) is 2.20. The van der Waals surface area contributed by atoms with E-state index < -0.39 is 0 Å². The van der Waals surface area contributed by atoms with Crippen molar-refractivity contribution in [3.63, 3.8) is 0 Å². The number of nitrogens with zero attached hydrogens (tertiary/aromatic N) is 1. The van der Waals surface area contributed by atoms with Crippen molar-refractivity contribution in [1.29, 1.82) is 0 Å². The summed E-state index contributed by atoms with van der Waals surface area (Å²) in [5.41, 5.74) is 0. The van der Waals surface area contributed by atoms with Crippen LogP contribution in [0.1, 0.15) is 19.8 Å². The average molecular weight is 265 g/mol. The number of aliphatic hydroxyl groups is 2. The van der Waals surface area contributed by atoms with Crippen LogP contribution in [0.4, 0.5) is 0 Å². The van der Waals surface area contributed by atoms with E-state index in [0.29, 0.717) is 6.61 Å². The van der Waals surface area contributed by atoms with Gasteiger partial charge >= 0.3 is 0 Å². The molecule has 1 fully saturated rings. The fourth-order valence-electron chi connectivity index (χ4n) is 2.89. The van der Waals surface area contributed by atoms with E-state index in [1.54, 1.807) is 0 Å². The summed E-state index contributed by atoms with van der Waals surface area (Å²) >= 11 is 0. The molecular formula is C15H23NO3. The second-order valence-corrected chi connectivity index (χ2v) is 5.17. The highest BCUT2D eigenvalue weighted by Crippen LogP contribution is 2.26. The molecule has 0 bridgehead atoms. The Morgan fingerprint density at radius 1 is 1.16 bits per heavy atom. The minimum Gasteiger partial charge on any atom is -0.492 e. The first-order chi connectivity index (χ1) is 9.26. The predicted molar refractivity (Wildman–Crippen MR) is 74.2 cm³/mol. The van der Waals surface area contributed by atoms with E-state index in [9.17, 15) is 10.2 Å². The number of aliphatic hydroxyl groups excluding tert-OH is 2. The third kappa shape index (κ3) is 3.47. The maximum Gasteiger partial charge on any atom is 0.119 e. The largest absolute Gasteiger partial charge is 0.492 e. The molecule has 0 aromatic heterocycles. The Balaban J connectivity index is 1.92. The minimum absolute atomic E-state index is 0.145. The number of ether oxygens (including phenoxy) is 1. The number of para-hydroxylation sites is 1. The van der Waals surface area contributed by atoms with Crippen molar-refractivity contribution in [3.8, 4) is 5.75 Å². The summed E-state index contributed by atoms with van der Waals surface area (Å²) in [5, 5.41) is 18.8. The number of hydrogen-bond acceptors (Lipinski definition) is 4. The first-order valence-electron chi connectivity index (χ1n) is 6.93. The van der Waals surface area contributed by atoms with Crippen LogP contribution >= 0.6 is 0 Å². The van der Waals surface area contributed by atoms with Crippen LogP contribution in [0.2, 0.25) is 0 Å². The molecule has 0 spiro atoms. The Morgan fingerprint density at radius 3 is 2.26 bits per heavy atom. The van der Waals surface area contributed by atoms with Gasteiger partial charge in [-0.15, -0.1) is 0 Å². The summed E-state index contributed by atoms with van der Waals surface area (Å²) < 4.78 is 5.76. The molecule has 0 unspecified atom stereocenters. The monoisotopic (exact) mass is 265 g/mol. The highest BCUT2D eigenvalue weighted by molar-refractivity contribution is 5.20. The lowest BCUT2D eigenvalue weighted by molar-refractivity contribution is 0.0451. The number of rotatable bonds is 6. The molecule has 2 N–H and O–H groups in total. The van der Waals surface area contributed by atoms with Gasteiger partial charge in [0.1, 0.15) is 12.4 Å². The normalized spacial score (nSPS) is 25.4. The maximum absolute atomic E-state index is 9.42. The van der Waals surface area contributed by atoms with Gasteiger partial charge in [0.15, 0.2) is 0 Å². The van der Waals surface area contributed by atoms with Gasteiger partial charge in [-0.3, -0.25) is 4.90 Å². The summed E-state index contributed by atoms with van der Waals surface area (Å²) in [5.74, 6) is 0.856. The van der Waals surface area contributed by atoms with Gasteiger partial charge in [0.25, 0.3) is 0 Å². The molecule has 0 radical (unpaired) electrons. The summed E-state index contributed by atoms with van der Waals surface area (Å²) in [6, 6.07) is 10.2. The Bertz CT molecular complexity index is 359. The lowest BCUT2D eigenvalue weighted by Gasteiger charge is -2.34. The molecule has 1 aliphatic rings. The first-order valence-corrected chi connectivity index (χ1v) is 6.93. The minimum atomic E-state index is 0.145. The molecule has 2 rings (SSSR count). The molecule has 1 saturated heterocycles. The van der Waals surface area contributed by atoms with Gasteiger partial charge < -0.3 is 14.9 Å². The second-order valence-electron chi connectivity index (χ2n) is 5.17. The van der Waals surface area contributed by atoms with Gasteiger partial charge in [-0.05, 0) is 31.9 Å². The molecule has 4 nitrogen and oxygen atoms in total. The molecule has 0 saturated carbocycles. The van der Waals surface area contributed by atoms with Crippen LogP contribution in [0.25, 0.3) is 0 Å². The number of likely N-dealkylation sites (tertiary alicyclic amines) is 1. The van der Waals surface area contributed by atoms with E-state index in [1.165, 1.54) is 0 Å². The zero-order valence-corrected chi connectivity index (χ0v) is 11.4. The van der Waals surface area contributed by atoms with E-state index in [-0.39, 0.29) is 31.3 Å². The predicted octanol–water partition coefficient (Wildman–Crippen LogP) is 1.27. The van der Waals surface area contributed by atoms with Crippen molar-refractivity contribution >= 4 is 0 Å². The van der Waals surface area contributed by atoms with Crippen LogP contribution in [-0.2, 0) is 0 Å². The van der Waals surface area contributed by atoms with Crippen molar-refractivity contribution < 1.29 is 14.9 Å². The van der Waals surface area contributed by atoms with Crippen LogP contribution in [0.15, 0.2) is 30.3 Å². The third-order valence-electron chi connectivity index (χ3n) is 3.84. The SMILES string of the molecule is C[C@H](COc1ccccc1)N1[C@H](CO)CC[C@@H]1CO. The number of hydrogen-bond donors (Lipinski definition) is 2. The molecule has 0 aliphatic carbocycles. The third-order valence-corrected chi connectivity index (χ3v) is 3.84. The highest BCUT2D eigenvalue weighted by atomic mass is 16.5. The lowest BCUT2D eigenvalue weighted by Crippen LogP contribution is -2.48. The van der Waals surface area contributed by atoms with Crippen molar-refractivity contribution in [2.45, 2.75) is 37.9 Å². The average Bonchev–Trinajstić information content (AvgIpc) is 2.89. The Labute approximate surface area is 114 Å². The Hall–Kier alpha value is -1.10. The van der Waals surface area contributed by atoms with Crippen LogP contribution < -0.4 is 4.74 Å². The van der Waals surface area contributed by atoms with Gasteiger partial charge in [0.2, 0.25) is 0 Å². The molecule has 1 aliphatic heterocycles. The van der Waals surface area contributed by atoms with E-state index in [2.05, 4.69) is 11.8 Å². The van der Waals surface area contributed by atoms with Gasteiger partial charge in [-0.1, -0.05) is 18.2 Å². The molecule has 0 amide bonds. The fourth-order valence-corrected chi connectivity index (χ4v) is 2.89. The van der Waals surface area contributed by atoms with E-state index >= 15 is 0 Å².